The second-order valence-corrected chi connectivity index (χ2v) is 5.87. The number of ether oxygens (including phenoxy) is 2. The van der Waals surface area contributed by atoms with Crippen LogP contribution in [-0.4, -0.2) is 44.8 Å². The van der Waals surface area contributed by atoms with Crippen molar-refractivity contribution in [2.24, 2.45) is 0 Å². The van der Waals surface area contributed by atoms with Crippen LogP contribution in [0.25, 0.3) is 0 Å². The van der Waals surface area contributed by atoms with Gasteiger partial charge >= 0.3 is 0 Å². The molecule has 1 aromatic rings. The SMILES string of the molecule is CCCCPC(=O)c1c(OC)c(C)cc(C)c1OC.[Li]. The zero-order valence-electron chi connectivity index (χ0n) is 13.4. The molecule has 0 N–H and O–H groups in total. The number of benzene rings is 1. The molecular weight excluding hydrogens is 266 g/mol. The van der Waals surface area contributed by atoms with Crippen molar-refractivity contribution in [3.05, 3.63) is 22.8 Å². The first-order chi connectivity index (χ1) is 9.06. The Labute approximate surface area is 135 Å². The minimum atomic E-state index is 0. The molecule has 0 aliphatic rings. The molecule has 0 saturated carbocycles. The summed E-state index contributed by atoms with van der Waals surface area (Å²) in [4.78, 5) is 12.4. The van der Waals surface area contributed by atoms with Crippen LogP contribution in [0, 0.1) is 13.8 Å². The van der Waals surface area contributed by atoms with E-state index in [-0.39, 0.29) is 33.0 Å². The van der Waals surface area contributed by atoms with Gasteiger partial charge < -0.3 is 9.47 Å². The number of hydrogen-bond acceptors (Lipinski definition) is 3. The number of rotatable bonds is 7. The quantitative estimate of drug-likeness (QED) is 0.437. The van der Waals surface area contributed by atoms with Crippen LogP contribution in [0.5, 0.6) is 11.5 Å². The van der Waals surface area contributed by atoms with E-state index in [9.17, 15) is 4.79 Å². The van der Waals surface area contributed by atoms with E-state index < -0.39 is 0 Å². The van der Waals surface area contributed by atoms with Gasteiger partial charge in [-0.05, 0) is 52.2 Å². The second kappa shape index (κ2) is 9.45. The first-order valence-electron chi connectivity index (χ1n) is 6.57. The molecule has 0 aliphatic carbocycles. The Kier molecular flexibility index (Phi) is 9.22. The molecule has 0 saturated heterocycles. The van der Waals surface area contributed by atoms with Crippen molar-refractivity contribution in [2.75, 3.05) is 20.4 Å². The summed E-state index contributed by atoms with van der Waals surface area (Å²) in [6, 6.07) is 1.99. The maximum atomic E-state index is 12.4. The van der Waals surface area contributed by atoms with Gasteiger partial charge in [0.25, 0.3) is 0 Å². The molecule has 1 unspecified atom stereocenters. The van der Waals surface area contributed by atoms with Crippen molar-refractivity contribution in [2.45, 2.75) is 33.6 Å². The molecule has 107 valence electrons. The van der Waals surface area contributed by atoms with E-state index in [1.807, 2.05) is 19.9 Å². The van der Waals surface area contributed by atoms with Crippen molar-refractivity contribution in [1.82, 2.24) is 0 Å². The average Bonchev–Trinajstić information content (AvgIpc) is 2.38. The molecule has 1 atom stereocenters. The Morgan fingerprint density at radius 2 is 1.65 bits per heavy atom. The summed E-state index contributed by atoms with van der Waals surface area (Å²) in [5, 5.41) is 0. The summed E-state index contributed by atoms with van der Waals surface area (Å²) in [5.74, 6) is 1.30. The van der Waals surface area contributed by atoms with E-state index >= 15 is 0 Å². The van der Waals surface area contributed by atoms with Gasteiger partial charge in [-0.25, -0.2) is 0 Å². The molecule has 1 rings (SSSR count). The summed E-state index contributed by atoms with van der Waals surface area (Å²) in [7, 11) is 3.48. The van der Waals surface area contributed by atoms with E-state index in [2.05, 4.69) is 6.92 Å². The fraction of sp³-hybridized carbons (Fsp3) is 0.533. The summed E-state index contributed by atoms with van der Waals surface area (Å²) in [6.07, 6.45) is 3.13. The number of carbonyl (C=O) groups is 1. The predicted octanol–water partition coefficient (Wildman–Crippen LogP) is 3.56. The van der Waals surface area contributed by atoms with Gasteiger partial charge in [0, 0.05) is 18.9 Å². The molecular formula is C15H23LiO3P. The van der Waals surface area contributed by atoms with Crippen LogP contribution < -0.4 is 9.47 Å². The van der Waals surface area contributed by atoms with Crippen molar-refractivity contribution < 1.29 is 14.3 Å². The summed E-state index contributed by atoms with van der Waals surface area (Å²) in [5.41, 5.74) is 2.69. The van der Waals surface area contributed by atoms with E-state index in [0.717, 1.165) is 30.1 Å². The van der Waals surface area contributed by atoms with Crippen LogP contribution in [-0.2, 0) is 0 Å². The summed E-state index contributed by atoms with van der Waals surface area (Å²) >= 11 is 0. The third-order valence-corrected chi connectivity index (χ3v) is 4.23. The van der Waals surface area contributed by atoms with Gasteiger partial charge in [0.1, 0.15) is 17.1 Å². The van der Waals surface area contributed by atoms with Gasteiger partial charge in [-0.3, -0.25) is 4.79 Å². The molecule has 0 heterocycles. The molecule has 1 radical (unpaired) electrons. The molecule has 0 spiro atoms. The van der Waals surface area contributed by atoms with E-state index in [0.29, 0.717) is 17.1 Å². The fourth-order valence-corrected chi connectivity index (χ4v) is 3.31. The summed E-state index contributed by atoms with van der Waals surface area (Å²) < 4.78 is 10.8. The van der Waals surface area contributed by atoms with Gasteiger partial charge in [0.05, 0.1) is 14.2 Å². The predicted molar refractivity (Wildman–Crippen MR) is 87.2 cm³/mol. The standard InChI is InChI=1S/C15H23O3P.Li/c1-6-7-8-19-15(16)12-13(17-4)10(2)9-11(3)14(12)18-5;/h9,19H,6-8H2,1-5H3;. The van der Waals surface area contributed by atoms with Crippen LogP contribution in [0.4, 0.5) is 0 Å². The van der Waals surface area contributed by atoms with Gasteiger partial charge in [-0.1, -0.05) is 13.3 Å². The van der Waals surface area contributed by atoms with Crippen molar-refractivity contribution in [3.8, 4) is 11.5 Å². The minimum absolute atomic E-state index is 0. The fourth-order valence-electron chi connectivity index (χ4n) is 2.15. The zero-order valence-corrected chi connectivity index (χ0v) is 14.4. The Morgan fingerprint density at radius 3 is 2.05 bits per heavy atom. The molecule has 0 bridgehead atoms. The number of aryl methyl sites for hydroxylation is 2. The monoisotopic (exact) mass is 289 g/mol. The molecule has 20 heavy (non-hydrogen) atoms. The topological polar surface area (TPSA) is 35.5 Å². The first kappa shape index (κ1) is 19.5. The Hall–Kier alpha value is -0.483. The van der Waals surface area contributed by atoms with Crippen molar-refractivity contribution >= 4 is 33.0 Å². The van der Waals surface area contributed by atoms with E-state index in [4.69, 9.17) is 9.47 Å². The number of hydrogen-bond donors (Lipinski definition) is 0. The number of unbranched alkanes of at least 4 members (excludes halogenated alkanes) is 1. The molecule has 0 fully saturated rings. The Balaban J connectivity index is 0.00000361. The zero-order chi connectivity index (χ0) is 14.4. The largest absolute Gasteiger partial charge is 0.496 e. The Bertz CT molecular complexity index is 433. The van der Waals surface area contributed by atoms with Gasteiger partial charge in [-0.2, -0.15) is 0 Å². The smallest absolute Gasteiger partial charge is 0.188 e. The van der Waals surface area contributed by atoms with E-state index in [1.54, 1.807) is 14.2 Å². The van der Waals surface area contributed by atoms with Crippen LogP contribution in [0.15, 0.2) is 6.07 Å². The van der Waals surface area contributed by atoms with Gasteiger partial charge in [-0.15, -0.1) is 0 Å². The third kappa shape index (κ3) is 4.52. The van der Waals surface area contributed by atoms with Gasteiger partial charge in [0.15, 0.2) is 5.52 Å². The third-order valence-electron chi connectivity index (χ3n) is 3.05. The normalized spacial score (nSPS) is 10.4. The molecule has 0 amide bonds. The first-order valence-corrected chi connectivity index (χ1v) is 7.77. The van der Waals surface area contributed by atoms with Crippen LogP contribution in [0.1, 0.15) is 41.3 Å². The van der Waals surface area contributed by atoms with Crippen LogP contribution in [0.3, 0.4) is 0 Å². The van der Waals surface area contributed by atoms with Gasteiger partial charge in [0.2, 0.25) is 0 Å². The van der Waals surface area contributed by atoms with Crippen molar-refractivity contribution in [3.63, 3.8) is 0 Å². The minimum Gasteiger partial charge on any atom is -0.496 e. The maximum Gasteiger partial charge on any atom is 0.188 e. The van der Waals surface area contributed by atoms with Crippen molar-refractivity contribution in [1.29, 1.82) is 0 Å². The van der Waals surface area contributed by atoms with Crippen LogP contribution >= 0.6 is 8.58 Å². The Morgan fingerprint density at radius 1 is 1.15 bits per heavy atom. The molecule has 5 heteroatoms. The van der Waals surface area contributed by atoms with Crippen LogP contribution in [0.2, 0.25) is 0 Å². The molecule has 0 aromatic heterocycles. The summed E-state index contributed by atoms with van der Waals surface area (Å²) in [6.45, 7) is 6.04. The number of methoxy groups -OCH3 is 2. The average molecular weight is 289 g/mol. The molecule has 3 nitrogen and oxygen atoms in total. The molecule has 1 aromatic carbocycles. The maximum absolute atomic E-state index is 12.4. The molecule has 0 aliphatic heterocycles. The number of carbonyl (C=O) groups excluding carboxylic acids is 1. The second-order valence-electron chi connectivity index (χ2n) is 4.56. The van der Waals surface area contributed by atoms with E-state index in [1.165, 1.54) is 0 Å².